The van der Waals surface area contributed by atoms with Gasteiger partial charge in [0.05, 0.1) is 11.5 Å². The molecule has 0 aromatic carbocycles. The Morgan fingerprint density at radius 2 is 1.75 bits per heavy atom. The van der Waals surface area contributed by atoms with E-state index in [9.17, 15) is 14.4 Å². The Balaban J connectivity index is 2.65. The van der Waals surface area contributed by atoms with Gasteiger partial charge in [0.1, 0.15) is 0 Å². The minimum atomic E-state index is -1.63. The largest absolute Gasteiger partial charge is 0.457 e. The van der Waals surface area contributed by atoms with Gasteiger partial charge in [-0.15, -0.1) is 0 Å². The third-order valence-electron chi connectivity index (χ3n) is 2.72. The fraction of sp³-hybridized carbons (Fsp3) is 0.769. The molecule has 0 bridgehead atoms. The number of rotatable bonds is 6. The summed E-state index contributed by atoms with van der Waals surface area (Å²) in [6, 6.07) is 0. The van der Waals surface area contributed by atoms with Crippen LogP contribution in [-0.4, -0.2) is 35.4 Å². The van der Waals surface area contributed by atoms with Crippen LogP contribution >= 0.6 is 11.8 Å². The van der Waals surface area contributed by atoms with Crippen LogP contribution in [0.2, 0.25) is 0 Å². The number of carbonyl (C=O) groups excluding carboxylic acids is 3. The average molecular weight is 304 g/mol. The number of hydrogen-bond donors (Lipinski definition) is 0. The summed E-state index contributed by atoms with van der Waals surface area (Å²) in [6.07, 6.45) is -0.614. The summed E-state index contributed by atoms with van der Waals surface area (Å²) in [7, 11) is 0. The zero-order valence-corrected chi connectivity index (χ0v) is 13.0. The van der Waals surface area contributed by atoms with E-state index in [1.165, 1.54) is 0 Å². The van der Waals surface area contributed by atoms with Crippen LogP contribution in [-0.2, 0) is 23.8 Å². The van der Waals surface area contributed by atoms with E-state index in [2.05, 4.69) is 0 Å². The van der Waals surface area contributed by atoms with Gasteiger partial charge in [0.15, 0.2) is 0 Å². The molecular weight excluding hydrogens is 284 g/mol. The molecule has 1 unspecified atom stereocenters. The maximum absolute atomic E-state index is 11.8. The highest BCUT2D eigenvalue weighted by Crippen LogP contribution is 2.46. The molecular formula is C13H20O6S. The summed E-state index contributed by atoms with van der Waals surface area (Å²) in [5.41, 5.74) is -0.569. The quantitative estimate of drug-likeness (QED) is 0.551. The molecule has 0 saturated heterocycles. The van der Waals surface area contributed by atoms with Crippen LogP contribution in [0.15, 0.2) is 0 Å². The molecule has 1 rings (SSSR count). The average Bonchev–Trinajstić information content (AvgIpc) is 3.07. The summed E-state index contributed by atoms with van der Waals surface area (Å²) in [5.74, 6) is -0.920. The normalized spacial score (nSPS) is 17.2. The van der Waals surface area contributed by atoms with E-state index in [0.717, 1.165) is 11.8 Å². The molecule has 1 aliphatic carbocycles. The first kappa shape index (κ1) is 16.8. The Kier molecular flexibility index (Phi) is 5.86. The molecule has 1 atom stereocenters. The fourth-order valence-corrected chi connectivity index (χ4v) is 1.67. The van der Waals surface area contributed by atoms with Crippen molar-refractivity contribution in [3.63, 3.8) is 0 Å². The highest BCUT2D eigenvalue weighted by atomic mass is 32.2. The molecule has 1 saturated carbocycles. The summed E-state index contributed by atoms with van der Waals surface area (Å²) >= 11 is 0.886. The van der Waals surface area contributed by atoms with Crippen molar-refractivity contribution in [1.29, 1.82) is 0 Å². The molecule has 1 fully saturated rings. The van der Waals surface area contributed by atoms with Gasteiger partial charge in [-0.05, 0) is 45.4 Å². The molecule has 0 spiro atoms. The summed E-state index contributed by atoms with van der Waals surface area (Å²) in [4.78, 5) is 35.1. The second-order valence-electron chi connectivity index (χ2n) is 5.08. The second-order valence-corrected chi connectivity index (χ2v) is 6.28. The number of thioether (sulfide) groups is 1. The maximum atomic E-state index is 11.8. The van der Waals surface area contributed by atoms with Gasteiger partial charge in [-0.2, -0.15) is 0 Å². The first-order chi connectivity index (χ1) is 9.28. The van der Waals surface area contributed by atoms with Gasteiger partial charge in [-0.3, -0.25) is 4.79 Å². The second kappa shape index (κ2) is 6.97. The van der Waals surface area contributed by atoms with E-state index >= 15 is 0 Å². The minimum Gasteiger partial charge on any atom is -0.457 e. The van der Waals surface area contributed by atoms with Crippen LogP contribution in [0, 0.1) is 5.41 Å². The lowest BCUT2D eigenvalue weighted by Gasteiger charge is -2.19. The van der Waals surface area contributed by atoms with Gasteiger partial charge in [-0.1, -0.05) is 6.92 Å². The molecule has 7 heteroatoms. The maximum Gasteiger partial charge on any atom is 0.389 e. The first-order valence-corrected chi connectivity index (χ1v) is 7.52. The monoisotopic (exact) mass is 304 g/mol. The van der Waals surface area contributed by atoms with Gasteiger partial charge >= 0.3 is 23.5 Å². The molecule has 0 N–H and O–H groups in total. The zero-order chi connectivity index (χ0) is 15.3. The van der Waals surface area contributed by atoms with Crippen LogP contribution in [0.1, 0.15) is 40.5 Å². The molecule has 0 aliphatic heterocycles. The molecule has 0 amide bonds. The van der Waals surface area contributed by atoms with Crippen molar-refractivity contribution in [1.82, 2.24) is 0 Å². The summed E-state index contributed by atoms with van der Waals surface area (Å²) in [5, 5.41) is -0.674. The lowest BCUT2D eigenvalue weighted by atomic mass is 10.1. The zero-order valence-electron chi connectivity index (χ0n) is 12.1. The third-order valence-corrected chi connectivity index (χ3v) is 3.34. The van der Waals surface area contributed by atoms with Crippen molar-refractivity contribution >= 4 is 29.0 Å². The predicted molar refractivity (Wildman–Crippen MR) is 73.1 cm³/mol. The molecule has 6 nitrogen and oxygen atoms in total. The molecule has 1 aliphatic rings. The van der Waals surface area contributed by atoms with E-state index < -0.39 is 35.0 Å². The van der Waals surface area contributed by atoms with Crippen molar-refractivity contribution in [3.8, 4) is 0 Å². The topological polar surface area (TPSA) is 78.9 Å². The van der Waals surface area contributed by atoms with Crippen LogP contribution in [0.3, 0.4) is 0 Å². The lowest BCUT2D eigenvalue weighted by Crippen LogP contribution is -2.36. The van der Waals surface area contributed by atoms with Crippen LogP contribution in [0.25, 0.3) is 0 Å². The Morgan fingerprint density at radius 1 is 1.15 bits per heavy atom. The van der Waals surface area contributed by atoms with Crippen molar-refractivity contribution < 1.29 is 28.6 Å². The standard InChI is InChI=1S/C13H20O6S/c1-5-20-12(16)19-10(9(14)17-8(2)3)18-11(15)13(4)6-7-13/h8,10H,5-7H2,1-4H3. The summed E-state index contributed by atoms with van der Waals surface area (Å²) in [6.45, 7) is 6.82. The van der Waals surface area contributed by atoms with Gasteiger partial charge in [-0.25, -0.2) is 9.59 Å². The highest BCUT2D eigenvalue weighted by molar-refractivity contribution is 8.13. The fourth-order valence-electron chi connectivity index (χ4n) is 1.28. The van der Waals surface area contributed by atoms with E-state index in [4.69, 9.17) is 14.2 Å². The number of esters is 2. The lowest BCUT2D eigenvalue weighted by molar-refractivity contribution is -0.195. The highest BCUT2D eigenvalue weighted by Gasteiger charge is 2.48. The molecule has 20 heavy (non-hydrogen) atoms. The first-order valence-electron chi connectivity index (χ1n) is 6.53. The smallest absolute Gasteiger partial charge is 0.389 e. The van der Waals surface area contributed by atoms with Gasteiger partial charge in [0, 0.05) is 5.75 Å². The van der Waals surface area contributed by atoms with Crippen molar-refractivity contribution in [3.05, 3.63) is 0 Å². The Labute approximate surface area is 122 Å². The van der Waals surface area contributed by atoms with Crippen molar-refractivity contribution in [2.45, 2.75) is 52.9 Å². The molecule has 0 radical (unpaired) electrons. The molecule has 114 valence electrons. The number of ether oxygens (including phenoxy) is 3. The van der Waals surface area contributed by atoms with E-state index in [0.29, 0.717) is 18.6 Å². The van der Waals surface area contributed by atoms with Crippen LogP contribution < -0.4 is 0 Å². The number of carbonyl (C=O) groups is 3. The molecule has 0 aromatic rings. The van der Waals surface area contributed by atoms with E-state index in [1.807, 2.05) is 0 Å². The van der Waals surface area contributed by atoms with Crippen LogP contribution in [0.5, 0.6) is 0 Å². The Bertz CT molecular complexity index is 388. The van der Waals surface area contributed by atoms with Crippen LogP contribution in [0.4, 0.5) is 4.79 Å². The molecule has 0 heterocycles. The van der Waals surface area contributed by atoms with Gasteiger partial charge < -0.3 is 14.2 Å². The van der Waals surface area contributed by atoms with E-state index in [1.54, 1.807) is 27.7 Å². The summed E-state index contributed by atoms with van der Waals surface area (Å²) < 4.78 is 14.8. The minimum absolute atomic E-state index is 0.391. The Hall–Kier alpha value is -1.24. The SMILES string of the molecule is CCSC(=O)OC(OC(=O)C1(C)CC1)C(=O)OC(C)C. The van der Waals surface area contributed by atoms with Crippen molar-refractivity contribution in [2.24, 2.45) is 5.41 Å². The van der Waals surface area contributed by atoms with Gasteiger partial charge in [0.2, 0.25) is 0 Å². The van der Waals surface area contributed by atoms with Gasteiger partial charge in [0.25, 0.3) is 0 Å². The molecule has 0 aromatic heterocycles. The van der Waals surface area contributed by atoms with Crippen molar-refractivity contribution in [2.75, 3.05) is 5.75 Å². The Morgan fingerprint density at radius 3 is 2.20 bits per heavy atom. The van der Waals surface area contributed by atoms with E-state index in [-0.39, 0.29) is 0 Å². The number of hydrogen-bond acceptors (Lipinski definition) is 7. The third kappa shape index (κ3) is 5.03. The predicted octanol–water partition coefficient (Wildman–Crippen LogP) is 2.50.